The third kappa shape index (κ3) is 5.55. The Morgan fingerprint density at radius 3 is 3.00 bits per heavy atom. The Morgan fingerprint density at radius 2 is 2.26 bits per heavy atom. The molecule has 3 rings (SSSR count). The zero-order valence-electron chi connectivity index (χ0n) is 15.4. The first-order valence-corrected chi connectivity index (χ1v) is 10.1. The number of thiophene rings is 1. The van der Waals surface area contributed by atoms with Gasteiger partial charge in [-0.05, 0) is 41.4 Å². The lowest BCUT2D eigenvalue weighted by molar-refractivity contribution is 0.380. The Kier molecular flexibility index (Phi) is 6.84. The first kappa shape index (κ1) is 19.4. The van der Waals surface area contributed by atoms with Crippen molar-refractivity contribution in [1.29, 1.82) is 0 Å². The molecule has 0 fully saturated rings. The Balaban J connectivity index is 1.60. The summed E-state index contributed by atoms with van der Waals surface area (Å²) in [5, 5.41) is 12.2. The van der Waals surface area contributed by atoms with Gasteiger partial charge >= 0.3 is 0 Å². The molecule has 0 atom stereocenters. The number of benzene rings is 1. The van der Waals surface area contributed by atoms with Gasteiger partial charge in [0.15, 0.2) is 5.96 Å². The highest BCUT2D eigenvalue weighted by atomic mass is 35.5. The van der Waals surface area contributed by atoms with Crippen LogP contribution in [0, 0.1) is 0 Å². The Bertz CT molecular complexity index is 878. The molecular formula is C19H22ClN5OS. The number of hydrogen-bond donors (Lipinski definition) is 1. The monoisotopic (exact) mass is 403 g/mol. The van der Waals surface area contributed by atoms with Crippen LogP contribution in [0.15, 0.2) is 50.6 Å². The molecule has 0 amide bonds. The van der Waals surface area contributed by atoms with Crippen LogP contribution in [0.25, 0.3) is 11.4 Å². The normalized spacial score (nSPS) is 11.6. The average Bonchev–Trinajstić information content (AvgIpc) is 3.33. The lowest BCUT2D eigenvalue weighted by Crippen LogP contribution is -2.38. The van der Waals surface area contributed by atoms with Gasteiger partial charge in [0.1, 0.15) is 0 Å². The Morgan fingerprint density at radius 1 is 1.37 bits per heavy atom. The van der Waals surface area contributed by atoms with Crippen LogP contribution in [-0.2, 0) is 13.0 Å². The third-order valence-electron chi connectivity index (χ3n) is 3.83. The van der Waals surface area contributed by atoms with Crippen molar-refractivity contribution in [2.24, 2.45) is 4.99 Å². The third-order valence-corrected chi connectivity index (χ3v) is 4.80. The molecule has 2 aromatic heterocycles. The molecule has 0 saturated heterocycles. The van der Waals surface area contributed by atoms with Crippen molar-refractivity contribution >= 4 is 28.9 Å². The highest BCUT2D eigenvalue weighted by Crippen LogP contribution is 2.20. The van der Waals surface area contributed by atoms with E-state index in [9.17, 15) is 0 Å². The van der Waals surface area contributed by atoms with E-state index in [1.807, 2.05) is 31.3 Å². The molecule has 0 unspecified atom stereocenters. The van der Waals surface area contributed by atoms with Gasteiger partial charge < -0.3 is 14.7 Å². The predicted octanol–water partition coefficient (Wildman–Crippen LogP) is 4.09. The topological polar surface area (TPSA) is 66.5 Å². The average molecular weight is 404 g/mol. The van der Waals surface area contributed by atoms with E-state index in [0.29, 0.717) is 29.7 Å². The molecule has 1 aromatic carbocycles. The minimum atomic E-state index is 0.540. The molecule has 0 aliphatic carbocycles. The molecule has 6 nitrogen and oxygen atoms in total. The largest absolute Gasteiger partial charge is 0.357 e. The summed E-state index contributed by atoms with van der Waals surface area (Å²) < 4.78 is 5.34. The Labute approximate surface area is 167 Å². The summed E-state index contributed by atoms with van der Waals surface area (Å²) in [7, 11) is 2.03. The molecular weight excluding hydrogens is 382 g/mol. The summed E-state index contributed by atoms with van der Waals surface area (Å²) in [5.41, 5.74) is 2.11. The first-order valence-electron chi connectivity index (χ1n) is 8.74. The number of aliphatic imine (C=N–C) groups is 1. The van der Waals surface area contributed by atoms with Crippen LogP contribution in [-0.4, -0.2) is 41.1 Å². The maximum absolute atomic E-state index is 6.02. The molecule has 0 radical (unpaired) electrons. The molecule has 0 spiro atoms. The fraction of sp³-hybridized carbons (Fsp3) is 0.316. The highest BCUT2D eigenvalue weighted by molar-refractivity contribution is 7.07. The molecule has 142 valence electrons. The number of nitrogens with zero attached hydrogens (tertiary/aromatic N) is 4. The lowest BCUT2D eigenvalue weighted by Gasteiger charge is -2.21. The van der Waals surface area contributed by atoms with Crippen molar-refractivity contribution in [3.8, 4) is 11.4 Å². The second kappa shape index (κ2) is 9.53. The fourth-order valence-corrected chi connectivity index (χ4v) is 3.41. The molecule has 3 aromatic rings. The molecule has 8 heteroatoms. The van der Waals surface area contributed by atoms with Gasteiger partial charge in [-0.1, -0.05) is 28.9 Å². The molecule has 0 aliphatic heterocycles. The molecule has 0 aliphatic rings. The fourth-order valence-electron chi connectivity index (χ4n) is 2.56. The minimum absolute atomic E-state index is 0.540. The second-order valence-electron chi connectivity index (χ2n) is 6.00. The summed E-state index contributed by atoms with van der Waals surface area (Å²) in [6.45, 7) is 4.25. The van der Waals surface area contributed by atoms with Crippen LogP contribution in [0.3, 0.4) is 0 Å². The molecule has 0 bridgehead atoms. The van der Waals surface area contributed by atoms with E-state index in [1.54, 1.807) is 11.3 Å². The van der Waals surface area contributed by atoms with Gasteiger partial charge in [0.05, 0.1) is 6.54 Å². The maximum atomic E-state index is 6.02. The number of hydrogen-bond acceptors (Lipinski definition) is 5. The molecule has 1 N–H and O–H groups in total. The predicted molar refractivity (Wildman–Crippen MR) is 110 cm³/mol. The van der Waals surface area contributed by atoms with Crippen LogP contribution in [0.1, 0.15) is 18.4 Å². The molecule has 2 heterocycles. The van der Waals surface area contributed by atoms with E-state index in [2.05, 4.69) is 49.1 Å². The van der Waals surface area contributed by atoms with Crippen molar-refractivity contribution in [2.45, 2.75) is 19.9 Å². The van der Waals surface area contributed by atoms with E-state index in [4.69, 9.17) is 16.1 Å². The minimum Gasteiger partial charge on any atom is -0.357 e. The van der Waals surface area contributed by atoms with Gasteiger partial charge in [-0.25, -0.2) is 0 Å². The van der Waals surface area contributed by atoms with Crippen LogP contribution in [0.4, 0.5) is 0 Å². The van der Waals surface area contributed by atoms with Crippen LogP contribution >= 0.6 is 22.9 Å². The van der Waals surface area contributed by atoms with Crippen LogP contribution in [0.5, 0.6) is 0 Å². The van der Waals surface area contributed by atoms with Crippen molar-refractivity contribution in [3.05, 3.63) is 57.6 Å². The number of halogens is 1. The summed E-state index contributed by atoms with van der Waals surface area (Å²) >= 11 is 7.72. The summed E-state index contributed by atoms with van der Waals surface area (Å²) in [5.74, 6) is 1.96. The van der Waals surface area contributed by atoms with E-state index >= 15 is 0 Å². The van der Waals surface area contributed by atoms with Crippen molar-refractivity contribution in [2.75, 3.05) is 20.1 Å². The van der Waals surface area contributed by atoms with Gasteiger partial charge in [0.25, 0.3) is 0 Å². The SMILES string of the molecule is CCNC(=NCCc1nc(-c2cccc(Cl)c2)no1)N(C)Cc1ccsc1. The van der Waals surface area contributed by atoms with E-state index in [-0.39, 0.29) is 0 Å². The van der Waals surface area contributed by atoms with Gasteiger partial charge in [-0.3, -0.25) is 4.99 Å². The molecule has 27 heavy (non-hydrogen) atoms. The zero-order chi connectivity index (χ0) is 19.1. The first-order chi connectivity index (χ1) is 13.2. The van der Waals surface area contributed by atoms with Crippen molar-refractivity contribution in [3.63, 3.8) is 0 Å². The smallest absolute Gasteiger partial charge is 0.228 e. The van der Waals surface area contributed by atoms with Gasteiger partial charge in [0.2, 0.25) is 11.7 Å². The summed E-state index contributed by atoms with van der Waals surface area (Å²) in [6.07, 6.45) is 0.578. The van der Waals surface area contributed by atoms with Gasteiger partial charge in [0, 0.05) is 37.1 Å². The van der Waals surface area contributed by atoms with E-state index in [1.165, 1.54) is 5.56 Å². The maximum Gasteiger partial charge on any atom is 0.228 e. The van der Waals surface area contributed by atoms with E-state index in [0.717, 1.165) is 24.6 Å². The summed E-state index contributed by atoms with van der Waals surface area (Å²) in [4.78, 5) is 11.2. The lowest BCUT2D eigenvalue weighted by atomic mass is 10.2. The Hall–Kier alpha value is -2.38. The second-order valence-corrected chi connectivity index (χ2v) is 7.21. The van der Waals surface area contributed by atoms with Gasteiger partial charge in [-0.15, -0.1) is 0 Å². The standard InChI is InChI=1S/C19H22ClN5OS/c1-3-21-19(25(2)12-14-8-10-27-13-14)22-9-7-17-23-18(24-26-17)15-5-4-6-16(20)11-15/h4-6,8,10-11,13H,3,7,9,12H2,1-2H3,(H,21,22). The van der Waals surface area contributed by atoms with Gasteiger partial charge in [-0.2, -0.15) is 16.3 Å². The van der Waals surface area contributed by atoms with Crippen molar-refractivity contribution < 1.29 is 4.52 Å². The zero-order valence-corrected chi connectivity index (χ0v) is 16.9. The summed E-state index contributed by atoms with van der Waals surface area (Å²) in [6, 6.07) is 9.53. The number of rotatable bonds is 7. The number of nitrogens with one attached hydrogen (secondary N) is 1. The quantitative estimate of drug-likeness (QED) is 0.475. The number of guanidine groups is 1. The van der Waals surface area contributed by atoms with E-state index < -0.39 is 0 Å². The van der Waals surface area contributed by atoms with Crippen LogP contribution in [0.2, 0.25) is 5.02 Å². The number of aromatic nitrogens is 2. The van der Waals surface area contributed by atoms with Crippen LogP contribution < -0.4 is 5.32 Å². The molecule has 0 saturated carbocycles. The highest BCUT2D eigenvalue weighted by Gasteiger charge is 2.10. The van der Waals surface area contributed by atoms with Crippen molar-refractivity contribution in [1.82, 2.24) is 20.4 Å².